The molecule has 0 saturated carbocycles. The Morgan fingerprint density at radius 2 is 2.06 bits per heavy atom. The van der Waals surface area contributed by atoms with Crippen molar-refractivity contribution in [3.8, 4) is 5.75 Å². The van der Waals surface area contributed by atoms with Crippen molar-refractivity contribution in [2.75, 3.05) is 0 Å². The normalized spacial score (nSPS) is 11.0. The van der Waals surface area contributed by atoms with Gasteiger partial charge in [-0.1, -0.05) is 15.9 Å². The van der Waals surface area contributed by atoms with Crippen LogP contribution in [0.5, 0.6) is 5.75 Å². The monoisotopic (exact) mass is 284 g/mol. The summed E-state index contributed by atoms with van der Waals surface area (Å²) >= 11 is 3.26. The van der Waals surface area contributed by atoms with Crippen LogP contribution in [0.1, 0.15) is 31.1 Å². The number of rotatable bonds is 4. The van der Waals surface area contributed by atoms with E-state index in [0.29, 0.717) is 17.6 Å². The Morgan fingerprint density at radius 1 is 1.44 bits per heavy atom. The highest BCUT2D eigenvalue weighted by Crippen LogP contribution is 2.25. The van der Waals surface area contributed by atoms with Crippen LogP contribution in [0.15, 0.2) is 22.7 Å². The Kier molecular flexibility index (Phi) is 3.86. The molecule has 4 heteroatoms. The van der Waals surface area contributed by atoms with Gasteiger partial charge < -0.3 is 4.74 Å². The highest BCUT2D eigenvalue weighted by Gasteiger charge is 2.26. The first-order valence-electron chi connectivity index (χ1n) is 4.81. The third kappa shape index (κ3) is 2.92. The topological polar surface area (TPSA) is 43.4 Å². The van der Waals surface area contributed by atoms with Gasteiger partial charge in [-0.25, -0.2) is 0 Å². The molecular weight excluding hydrogens is 272 g/mol. The molecule has 1 rings (SSSR count). The van der Waals surface area contributed by atoms with E-state index in [2.05, 4.69) is 15.9 Å². The van der Waals surface area contributed by atoms with Crippen molar-refractivity contribution in [2.45, 2.75) is 26.4 Å². The summed E-state index contributed by atoms with van der Waals surface area (Å²) in [6.45, 7) is 4.80. The number of hydrogen-bond donors (Lipinski definition) is 0. The molecule has 0 fully saturated rings. The largest absolute Gasteiger partial charge is 0.479 e. The van der Waals surface area contributed by atoms with Crippen LogP contribution in [-0.2, 0) is 4.79 Å². The van der Waals surface area contributed by atoms with Crippen LogP contribution in [0, 0.1) is 0 Å². The number of carbonyl (C=O) groups excluding carboxylic acids is 2. The second-order valence-corrected chi connectivity index (χ2v) is 4.88. The minimum atomic E-state index is -0.925. The molecule has 0 saturated heterocycles. The summed E-state index contributed by atoms with van der Waals surface area (Å²) in [5.74, 6) is 0.325. The molecule has 3 nitrogen and oxygen atoms in total. The number of halogens is 1. The van der Waals surface area contributed by atoms with Crippen LogP contribution in [-0.4, -0.2) is 17.7 Å². The predicted octanol–water partition coefficient (Wildman–Crippen LogP) is 3.01. The molecule has 0 aliphatic carbocycles. The molecule has 0 unspecified atom stereocenters. The Bertz CT molecular complexity index is 424. The van der Waals surface area contributed by atoms with E-state index in [1.165, 1.54) is 6.92 Å². The van der Waals surface area contributed by atoms with Gasteiger partial charge in [0, 0.05) is 4.47 Å². The quantitative estimate of drug-likeness (QED) is 0.799. The predicted molar refractivity (Wildman–Crippen MR) is 64.9 cm³/mol. The summed E-state index contributed by atoms with van der Waals surface area (Å²) in [6.07, 6.45) is 0.705. The van der Waals surface area contributed by atoms with Gasteiger partial charge in [0.2, 0.25) is 0 Å². The Morgan fingerprint density at radius 3 is 2.56 bits per heavy atom. The number of Topliss-reactive ketones (excluding diaryl/α,β-unsaturated/α-hetero) is 1. The van der Waals surface area contributed by atoms with Gasteiger partial charge in [-0.2, -0.15) is 0 Å². The number of hydrogen-bond acceptors (Lipinski definition) is 3. The molecule has 0 atom stereocenters. The molecule has 16 heavy (non-hydrogen) atoms. The van der Waals surface area contributed by atoms with Crippen molar-refractivity contribution in [2.24, 2.45) is 0 Å². The van der Waals surface area contributed by atoms with Crippen molar-refractivity contribution >= 4 is 28.0 Å². The summed E-state index contributed by atoms with van der Waals surface area (Å²) in [5, 5.41) is 0. The van der Waals surface area contributed by atoms with E-state index < -0.39 is 5.60 Å². The van der Waals surface area contributed by atoms with Crippen LogP contribution >= 0.6 is 15.9 Å². The molecule has 0 N–H and O–H groups in total. The summed E-state index contributed by atoms with van der Waals surface area (Å²) in [4.78, 5) is 22.2. The standard InChI is InChI=1S/C12H13BrO3/c1-8(15)12(2,3)16-11-5-4-10(13)6-9(11)7-14/h4-7H,1-3H3. The summed E-state index contributed by atoms with van der Waals surface area (Å²) in [5.41, 5.74) is -0.505. The van der Waals surface area contributed by atoms with Crippen molar-refractivity contribution < 1.29 is 14.3 Å². The van der Waals surface area contributed by atoms with Crippen molar-refractivity contribution in [1.29, 1.82) is 0 Å². The van der Waals surface area contributed by atoms with Crippen LogP contribution in [0.3, 0.4) is 0 Å². The number of aldehydes is 1. The van der Waals surface area contributed by atoms with Crippen LogP contribution < -0.4 is 4.74 Å². The number of ether oxygens (including phenoxy) is 1. The van der Waals surface area contributed by atoms with E-state index in [9.17, 15) is 9.59 Å². The van der Waals surface area contributed by atoms with E-state index >= 15 is 0 Å². The average Bonchev–Trinajstić information content (AvgIpc) is 2.20. The third-order valence-corrected chi connectivity index (χ3v) is 2.81. The molecule has 0 aliphatic heterocycles. The lowest BCUT2D eigenvalue weighted by molar-refractivity contribution is -0.129. The lowest BCUT2D eigenvalue weighted by Crippen LogP contribution is -2.36. The SMILES string of the molecule is CC(=O)C(C)(C)Oc1ccc(Br)cc1C=O. The van der Waals surface area contributed by atoms with Gasteiger partial charge in [0.1, 0.15) is 5.75 Å². The zero-order valence-electron chi connectivity index (χ0n) is 9.41. The number of benzene rings is 1. The maximum atomic E-state index is 11.3. The Balaban J connectivity index is 3.06. The Hall–Kier alpha value is -1.16. The van der Waals surface area contributed by atoms with Crippen molar-refractivity contribution in [3.63, 3.8) is 0 Å². The van der Waals surface area contributed by atoms with Gasteiger partial charge in [0.05, 0.1) is 5.56 Å². The smallest absolute Gasteiger partial charge is 0.172 e. The molecule has 0 amide bonds. The molecule has 0 bridgehead atoms. The highest BCUT2D eigenvalue weighted by atomic mass is 79.9. The first-order chi connectivity index (χ1) is 7.36. The first kappa shape index (κ1) is 12.9. The molecule has 86 valence electrons. The fourth-order valence-corrected chi connectivity index (χ4v) is 1.43. The third-order valence-electron chi connectivity index (χ3n) is 2.31. The highest BCUT2D eigenvalue weighted by molar-refractivity contribution is 9.10. The van der Waals surface area contributed by atoms with Gasteiger partial charge in [0.15, 0.2) is 17.7 Å². The molecule has 0 aromatic heterocycles. The number of ketones is 1. The maximum Gasteiger partial charge on any atom is 0.172 e. The molecule has 1 aromatic rings. The summed E-state index contributed by atoms with van der Waals surface area (Å²) in [6, 6.07) is 5.08. The second-order valence-electron chi connectivity index (χ2n) is 3.97. The van der Waals surface area contributed by atoms with Gasteiger partial charge in [0.25, 0.3) is 0 Å². The molecule has 0 radical (unpaired) electrons. The summed E-state index contributed by atoms with van der Waals surface area (Å²) < 4.78 is 6.33. The second kappa shape index (κ2) is 4.78. The van der Waals surface area contributed by atoms with E-state index in [-0.39, 0.29) is 5.78 Å². The van der Waals surface area contributed by atoms with Gasteiger partial charge >= 0.3 is 0 Å². The summed E-state index contributed by atoms with van der Waals surface area (Å²) in [7, 11) is 0. The fourth-order valence-electron chi connectivity index (χ4n) is 1.05. The van der Waals surface area contributed by atoms with E-state index in [1.807, 2.05) is 0 Å². The number of carbonyl (C=O) groups is 2. The van der Waals surface area contributed by atoms with Crippen LogP contribution in [0.2, 0.25) is 0 Å². The van der Waals surface area contributed by atoms with Gasteiger partial charge in [-0.3, -0.25) is 9.59 Å². The Labute approximate surface area is 103 Å². The van der Waals surface area contributed by atoms with Crippen LogP contribution in [0.4, 0.5) is 0 Å². The minimum absolute atomic E-state index is 0.0905. The van der Waals surface area contributed by atoms with E-state index in [0.717, 1.165) is 4.47 Å². The van der Waals surface area contributed by atoms with E-state index in [1.54, 1.807) is 32.0 Å². The van der Waals surface area contributed by atoms with Crippen molar-refractivity contribution in [1.82, 2.24) is 0 Å². The first-order valence-corrected chi connectivity index (χ1v) is 5.61. The molecule has 0 spiro atoms. The minimum Gasteiger partial charge on any atom is -0.479 e. The van der Waals surface area contributed by atoms with Crippen molar-refractivity contribution in [3.05, 3.63) is 28.2 Å². The zero-order valence-corrected chi connectivity index (χ0v) is 11.0. The molecule has 0 aliphatic rings. The molecular formula is C12H13BrO3. The molecule has 0 heterocycles. The average molecular weight is 285 g/mol. The maximum absolute atomic E-state index is 11.3. The lowest BCUT2D eigenvalue weighted by Gasteiger charge is -2.24. The van der Waals surface area contributed by atoms with Crippen LogP contribution in [0.25, 0.3) is 0 Å². The zero-order chi connectivity index (χ0) is 12.3. The lowest BCUT2D eigenvalue weighted by atomic mass is 10.0. The fraction of sp³-hybridized carbons (Fsp3) is 0.333. The molecule has 1 aromatic carbocycles. The van der Waals surface area contributed by atoms with Gasteiger partial charge in [-0.05, 0) is 39.0 Å². The van der Waals surface area contributed by atoms with E-state index in [4.69, 9.17) is 4.74 Å². The van der Waals surface area contributed by atoms with Gasteiger partial charge in [-0.15, -0.1) is 0 Å².